The minimum absolute atomic E-state index is 0.00147. The Morgan fingerprint density at radius 2 is 2.11 bits per heavy atom. The van der Waals surface area contributed by atoms with E-state index in [4.69, 9.17) is 21.3 Å². The summed E-state index contributed by atoms with van der Waals surface area (Å²) < 4.78 is 46.9. The number of nitrogens with zero attached hydrogens (tertiary/aromatic N) is 4. The SMILES string of the molecule is COC(=O)C1=C(C2CCN(S(=O)(=O)c3cn[nH]c3)CC2)NC(c2nccs2)=N[C@@H]1C1CC=CC(F)=C1Cl. The molecule has 0 bridgehead atoms. The van der Waals surface area contributed by atoms with Crippen molar-refractivity contribution >= 4 is 44.8 Å². The number of aliphatic imine (C=N–C) groups is 1. The molecule has 1 aliphatic carbocycles. The quantitative estimate of drug-likeness (QED) is 0.514. The molecule has 14 heteroatoms. The van der Waals surface area contributed by atoms with E-state index >= 15 is 0 Å². The molecule has 196 valence electrons. The molecule has 37 heavy (non-hydrogen) atoms. The summed E-state index contributed by atoms with van der Waals surface area (Å²) in [4.78, 5) is 22.4. The number of carbonyl (C=O) groups is 1. The van der Waals surface area contributed by atoms with Gasteiger partial charge in [0.2, 0.25) is 10.0 Å². The second kappa shape index (κ2) is 10.5. The number of esters is 1. The third-order valence-electron chi connectivity index (χ3n) is 6.71. The molecule has 0 spiro atoms. The van der Waals surface area contributed by atoms with Crippen molar-refractivity contribution in [1.82, 2.24) is 24.8 Å². The molecule has 0 amide bonds. The van der Waals surface area contributed by atoms with E-state index in [0.717, 1.165) is 0 Å². The van der Waals surface area contributed by atoms with Gasteiger partial charge in [-0.2, -0.15) is 9.40 Å². The van der Waals surface area contributed by atoms with Crippen LogP contribution in [0.15, 0.2) is 68.1 Å². The highest BCUT2D eigenvalue weighted by molar-refractivity contribution is 7.89. The Labute approximate surface area is 222 Å². The van der Waals surface area contributed by atoms with Crippen LogP contribution in [0.25, 0.3) is 0 Å². The average molecular weight is 567 g/mol. The van der Waals surface area contributed by atoms with Crippen LogP contribution in [0.2, 0.25) is 0 Å². The molecule has 4 heterocycles. The van der Waals surface area contributed by atoms with Gasteiger partial charge in [0.15, 0.2) is 10.8 Å². The summed E-state index contributed by atoms with van der Waals surface area (Å²) in [7, 11) is -2.41. The Bertz CT molecular complexity index is 1390. The molecule has 0 radical (unpaired) electrons. The number of H-pyrrole nitrogens is 1. The Morgan fingerprint density at radius 3 is 2.76 bits per heavy atom. The molecule has 2 aromatic rings. The fourth-order valence-corrected chi connectivity index (χ4v) is 7.09. The van der Waals surface area contributed by atoms with Gasteiger partial charge in [-0.15, -0.1) is 11.3 Å². The molecule has 2 aliphatic heterocycles. The maximum absolute atomic E-state index is 14.5. The lowest BCUT2D eigenvalue weighted by molar-refractivity contribution is -0.136. The number of methoxy groups -OCH3 is 1. The second-order valence-corrected chi connectivity index (χ2v) is 12.0. The van der Waals surface area contributed by atoms with Gasteiger partial charge in [0.05, 0.1) is 30.0 Å². The highest BCUT2D eigenvalue weighted by Crippen LogP contribution is 2.40. The highest BCUT2D eigenvalue weighted by atomic mass is 35.5. The number of nitrogens with one attached hydrogen (secondary N) is 2. The fraction of sp³-hybridized carbons (Fsp3) is 0.391. The summed E-state index contributed by atoms with van der Waals surface area (Å²) in [6, 6.07) is -0.807. The monoisotopic (exact) mass is 566 g/mol. The van der Waals surface area contributed by atoms with E-state index in [2.05, 4.69) is 20.5 Å². The van der Waals surface area contributed by atoms with Gasteiger partial charge >= 0.3 is 5.97 Å². The largest absolute Gasteiger partial charge is 0.466 e. The molecule has 1 fully saturated rings. The van der Waals surface area contributed by atoms with Gasteiger partial charge in [-0.3, -0.25) is 10.1 Å². The van der Waals surface area contributed by atoms with Crippen molar-refractivity contribution in [3.05, 3.63) is 63.3 Å². The van der Waals surface area contributed by atoms with Gasteiger partial charge < -0.3 is 10.1 Å². The van der Waals surface area contributed by atoms with E-state index < -0.39 is 33.8 Å². The molecule has 0 saturated carbocycles. The molecule has 10 nitrogen and oxygen atoms in total. The average Bonchev–Trinajstić information content (AvgIpc) is 3.64. The lowest BCUT2D eigenvalue weighted by Crippen LogP contribution is -2.45. The van der Waals surface area contributed by atoms with E-state index in [1.54, 1.807) is 12.3 Å². The van der Waals surface area contributed by atoms with Crippen LogP contribution in [0.4, 0.5) is 4.39 Å². The number of amidine groups is 1. The minimum atomic E-state index is -3.69. The van der Waals surface area contributed by atoms with Crippen molar-refractivity contribution in [3.8, 4) is 0 Å². The van der Waals surface area contributed by atoms with Crippen LogP contribution in [0.5, 0.6) is 0 Å². The van der Waals surface area contributed by atoms with E-state index in [1.807, 2.05) is 5.38 Å². The smallest absolute Gasteiger partial charge is 0.337 e. The van der Waals surface area contributed by atoms with Crippen molar-refractivity contribution in [2.75, 3.05) is 20.2 Å². The van der Waals surface area contributed by atoms with Gasteiger partial charge in [0.25, 0.3) is 0 Å². The number of aromatic nitrogens is 3. The number of hydrogen-bond acceptors (Lipinski definition) is 9. The number of rotatable bonds is 6. The van der Waals surface area contributed by atoms with Gasteiger partial charge in [-0.25, -0.2) is 22.6 Å². The third-order valence-corrected chi connectivity index (χ3v) is 9.81. The number of allylic oxidation sites excluding steroid dienone is 4. The van der Waals surface area contributed by atoms with E-state index in [9.17, 15) is 17.6 Å². The molecule has 1 unspecified atom stereocenters. The van der Waals surface area contributed by atoms with Gasteiger partial charge in [-0.1, -0.05) is 17.7 Å². The topological polar surface area (TPSA) is 130 Å². The first kappa shape index (κ1) is 25.8. The molecular weight excluding hydrogens is 543 g/mol. The molecule has 0 aromatic carbocycles. The lowest BCUT2D eigenvalue weighted by atomic mass is 9.81. The summed E-state index contributed by atoms with van der Waals surface area (Å²) in [5.74, 6) is -1.51. The molecule has 3 aliphatic rings. The number of piperidine rings is 1. The summed E-state index contributed by atoms with van der Waals surface area (Å²) in [6.07, 6.45) is 8.52. The van der Waals surface area contributed by atoms with Crippen molar-refractivity contribution in [3.63, 3.8) is 0 Å². The maximum atomic E-state index is 14.5. The first-order valence-corrected chi connectivity index (χ1v) is 14.3. The Morgan fingerprint density at radius 1 is 1.32 bits per heavy atom. The molecular formula is C23H24ClFN6O4S2. The van der Waals surface area contributed by atoms with Crippen molar-refractivity contribution in [1.29, 1.82) is 0 Å². The number of hydrogen-bond donors (Lipinski definition) is 2. The predicted molar refractivity (Wildman–Crippen MR) is 136 cm³/mol. The van der Waals surface area contributed by atoms with Crippen molar-refractivity contribution in [2.45, 2.75) is 30.2 Å². The molecule has 2 aromatic heterocycles. The lowest BCUT2D eigenvalue weighted by Gasteiger charge is -2.37. The number of aromatic amines is 1. The number of thiazole rings is 1. The minimum Gasteiger partial charge on any atom is -0.466 e. The highest BCUT2D eigenvalue weighted by Gasteiger charge is 2.42. The van der Waals surface area contributed by atoms with Crippen molar-refractivity contribution in [2.24, 2.45) is 16.8 Å². The standard InChI is InChI=1S/C23H24ClFN6O4S2/c1-35-23(32)17-19(13-5-8-31(9-6-13)37(33,34)14-11-27-28-12-14)29-21(22-26-7-10-36-22)30-20(17)15-3-2-4-16(25)18(15)24/h2,4,7,10-13,15,20H,3,5-6,8-9H2,1H3,(H,27,28)(H,29,30)/t15?,20-/m1/s1. The van der Waals surface area contributed by atoms with Crippen LogP contribution in [0.1, 0.15) is 24.3 Å². The Balaban J connectivity index is 1.51. The molecule has 2 atom stereocenters. The zero-order chi connectivity index (χ0) is 26.2. The van der Waals surface area contributed by atoms with Gasteiger partial charge in [0, 0.05) is 48.4 Å². The van der Waals surface area contributed by atoms with Gasteiger partial charge in [-0.05, 0) is 25.3 Å². The first-order chi connectivity index (χ1) is 17.8. The molecule has 5 rings (SSSR count). The van der Waals surface area contributed by atoms with Crippen LogP contribution in [0.3, 0.4) is 0 Å². The Hall–Kier alpha value is -2.87. The number of halogens is 2. The van der Waals surface area contributed by atoms with E-state index in [-0.39, 0.29) is 34.5 Å². The number of ether oxygens (including phenoxy) is 1. The summed E-state index contributed by atoms with van der Waals surface area (Å²) in [5.41, 5.74) is 0.849. The Kier molecular flexibility index (Phi) is 7.30. The van der Waals surface area contributed by atoms with Crippen LogP contribution in [-0.2, 0) is 19.6 Å². The normalized spacial score (nSPS) is 23.7. The zero-order valence-electron chi connectivity index (χ0n) is 19.7. The van der Waals surface area contributed by atoms with Gasteiger partial charge in [0.1, 0.15) is 10.7 Å². The second-order valence-electron chi connectivity index (χ2n) is 8.76. The first-order valence-electron chi connectivity index (χ1n) is 11.6. The van der Waals surface area contributed by atoms with Crippen molar-refractivity contribution < 1.29 is 22.3 Å². The predicted octanol–water partition coefficient (Wildman–Crippen LogP) is 3.11. The maximum Gasteiger partial charge on any atom is 0.337 e. The summed E-state index contributed by atoms with van der Waals surface area (Å²) in [5, 5.41) is 12.0. The summed E-state index contributed by atoms with van der Waals surface area (Å²) in [6.45, 7) is 0.487. The van der Waals surface area contributed by atoms with E-state index in [0.29, 0.717) is 35.8 Å². The van der Waals surface area contributed by atoms with E-state index in [1.165, 1.54) is 41.2 Å². The van der Waals surface area contributed by atoms with Crippen LogP contribution in [-0.4, -0.2) is 66.0 Å². The summed E-state index contributed by atoms with van der Waals surface area (Å²) >= 11 is 7.77. The fourth-order valence-electron chi connectivity index (χ4n) is 4.85. The van der Waals surface area contributed by atoms with Crippen LogP contribution >= 0.6 is 22.9 Å². The van der Waals surface area contributed by atoms with Crippen LogP contribution in [0, 0.1) is 11.8 Å². The number of carbonyl (C=O) groups excluding carboxylic acids is 1. The van der Waals surface area contributed by atoms with Crippen LogP contribution < -0.4 is 5.32 Å². The number of sulfonamides is 1. The third kappa shape index (κ3) is 4.88. The zero-order valence-corrected chi connectivity index (χ0v) is 22.1. The molecule has 2 N–H and O–H groups in total. The molecule has 1 saturated heterocycles.